The average molecular weight is 523 g/mol. The van der Waals surface area contributed by atoms with Crippen LogP contribution in [0.4, 0.5) is 0 Å². The highest BCUT2D eigenvalue weighted by Crippen LogP contribution is 2.29. The monoisotopic (exact) mass is 522 g/mol. The normalized spacial score (nSPS) is 12.3. The van der Waals surface area contributed by atoms with Gasteiger partial charge in [0.05, 0.1) is 13.2 Å². The van der Waals surface area contributed by atoms with Crippen molar-refractivity contribution >= 4 is 10.9 Å². The highest BCUT2D eigenvalue weighted by atomic mass is 16.5. The number of tetrazole rings is 1. The largest absolute Gasteiger partial charge is 0.383 e. The quantitative estimate of drug-likeness (QED) is 0.273. The van der Waals surface area contributed by atoms with E-state index in [1.54, 1.807) is 11.8 Å². The second kappa shape index (κ2) is 12.1. The third kappa shape index (κ3) is 6.13. The molecule has 1 atom stereocenters. The van der Waals surface area contributed by atoms with Gasteiger partial charge in [-0.05, 0) is 76.5 Å². The van der Waals surface area contributed by atoms with Gasteiger partial charge in [0.25, 0.3) is 5.56 Å². The first-order chi connectivity index (χ1) is 19.0. The van der Waals surface area contributed by atoms with Crippen molar-refractivity contribution in [1.29, 1.82) is 0 Å². The Kier molecular flexibility index (Phi) is 8.24. The molecular weight excluding hydrogens is 488 g/mol. The van der Waals surface area contributed by atoms with Gasteiger partial charge in [0.1, 0.15) is 6.04 Å². The SMILES string of the molecule is COCCn1nnnc1C(c1cc2cc(C)c(C)cc2[nH]c1=O)N(CCc1ccccc1)Cc1ccccc1. The summed E-state index contributed by atoms with van der Waals surface area (Å²) in [5.74, 6) is 0.615. The lowest BCUT2D eigenvalue weighted by Gasteiger charge is -2.31. The number of rotatable bonds is 11. The maximum absolute atomic E-state index is 13.7. The second-order valence-corrected chi connectivity index (χ2v) is 9.92. The minimum Gasteiger partial charge on any atom is -0.383 e. The molecule has 1 N–H and O–H groups in total. The Morgan fingerprint density at radius 2 is 1.64 bits per heavy atom. The molecule has 200 valence electrons. The zero-order valence-corrected chi connectivity index (χ0v) is 22.7. The Balaban J connectivity index is 1.65. The summed E-state index contributed by atoms with van der Waals surface area (Å²) in [4.78, 5) is 19.2. The molecule has 0 aliphatic carbocycles. The maximum atomic E-state index is 13.7. The lowest BCUT2D eigenvalue weighted by Crippen LogP contribution is -2.36. The van der Waals surface area contributed by atoms with Crippen molar-refractivity contribution in [2.45, 2.75) is 39.4 Å². The number of benzene rings is 3. The van der Waals surface area contributed by atoms with Crippen LogP contribution in [0, 0.1) is 13.8 Å². The first-order valence-electron chi connectivity index (χ1n) is 13.2. The third-order valence-corrected chi connectivity index (χ3v) is 7.22. The van der Waals surface area contributed by atoms with Gasteiger partial charge in [-0.2, -0.15) is 0 Å². The van der Waals surface area contributed by atoms with Gasteiger partial charge >= 0.3 is 0 Å². The van der Waals surface area contributed by atoms with Crippen LogP contribution in [0.1, 0.15) is 39.7 Å². The van der Waals surface area contributed by atoms with Gasteiger partial charge < -0.3 is 9.72 Å². The molecule has 3 aromatic carbocycles. The van der Waals surface area contributed by atoms with Crippen molar-refractivity contribution in [2.75, 3.05) is 20.3 Å². The summed E-state index contributed by atoms with van der Waals surface area (Å²) in [6, 6.07) is 26.4. The molecule has 5 aromatic rings. The van der Waals surface area contributed by atoms with E-state index >= 15 is 0 Å². The maximum Gasteiger partial charge on any atom is 0.253 e. The Bertz CT molecular complexity index is 1580. The topological polar surface area (TPSA) is 88.9 Å². The molecule has 2 heterocycles. The van der Waals surface area contributed by atoms with Crippen LogP contribution < -0.4 is 5.56 Å². The summed E-state index contributed by atoms with van der Waals surface area (Å²) >= 11 is 0. The molecule has 0 bridgehead atoms. The third-order valence-electron chi connectivity index (χ3n) is 7.22. The Labute approximate surface area is 228 Å². The second-order valence-electron chi connectivity index (χ2n) is 9.92. The van der Waals surface area contributed by atoms with E-state index in [1.165, 1.54) is 11.1 Å². The number of nitrogens with zero attached hydrogens (tertiary/aromatic N) is 5. The Hall–Kier alpha value is -4.14. The summed E-state index contributed by atoms with van der Waals surface area (Å²) in [5, 5.41) is 13.7. The number of nitrogens with one attached hydrogen (secondary N) is 1. The number of aromatic amines is 1. The molecule has 1 unspecified atom stereocenters. The molecule has 0 spiro atoms. The predicted octanol–water partition coefficient (Wildman–Crippen LogP) is 4.61. The lowest BCUT2D eigenvalue weighted by molar-refractivity contribution is 0.172. The molecule has 0 radical (unpaired) electrons. The molecule has 5 rings (SSSR count). The van der Waals surface area contributed by atoms with Crippen molar-refractivity contribution in [3.05, 3.63) is 123 Å². The van der Waals surface area contributed by atoms with Crippen LogP contribution in [0.3, 0.4) is 0 Å². The fourth-order valence-electron chi connectivity index (χ4n) is 4.98. The summed E-state index contributed by atoms with van der Waals surface area (Å²) in [6.45, 7) is 6.41. The van der Waals surface area contributed by atoms with Gasteiger partial charge in [-0.15, -0.1) is 5.10 Å². The number of hydrogen-bond acceptors (Lipinski definition) is 6. The van der Waals surface area contributed by atoms with Crippen LogP contribution in [0.5, 0.6) is 0 Å². The fraction of sp³-hybridized carbons (Fsp3) is 0.290. The number of ether oxygens (including phenoxy) is 1. The van der Waals surface area contributed by atoms with E-state index in [9.17, 15) is 4.79 Å². The lowest BCUT2D eigenvalue weighted by atomic mass is 9.99. The van der Waals surface area contributed by atoms with E-state index in [0.29, 0.717) is 37.6 Å². The van der Waals surface area contributed by atoms with Crippen molar-refractivity contribution in [3.8, 4) is 0 Å². The molecule has 39 heavy (non-hydrogen) atoms. The summed E-state index contributed by atoms with van der Waals surface area (Å²) in [5.41, 5.74) is 5.98. The van der Waals surface area contributed by atoms with E-state index in [-0.39, 0.29) is 5.56 Å². The molecule has 0 saturated heterocycles. The van der Waals surface area contributed by atoms with E-state index in [2.05, 4.69) is 81.7 Å². The van der Waals surface area contributed by atoms with Crippen LogP contribution in [0.2, 0.25) is 0 Å². The molecular formula is C31H34N6O2. The fourth-order valence-corrected chi connectivity index (χ4v) is 4.98. The minimum atomic E-state index is -0.476. The first kappa shape index (κ1) is 26.5. The Morgan fingerprint density at radius 1 is 0.949 bits per heavy atom. The van der Waals surface area contributed by atoms with Crippen LogP contribution in [0.15, 0.2) is 83.7 Å². The van der Waals surface area contributed by atoms with E-state index in [1.807, 2.05) is 36.4 Å². The number of H-pyrrole nitrogens is 1. The molecule has 0 amide bonds. The summed E-state index contributed by atoms with van der Waals surface area (Å²) in [6.07, 6.45) is 0.813. The number of aryl methyl sites for hydroxylation is 2. The smallest absolute Gasteiger partial charge is 0.253 e. The number of methoxy groups -OCH3 is 1. The molecule has 0 aliphatic rings. The highest BCUT2D eigenvalue weighted by Gasteiger charge is 2.30. The summed E-state index contributed by atoms with van der Waals surface area (Å²) < 4.78 is 7.07. The molecule has 8 heteroatoms. The van der Waals surface area contributed by atoms with E-state index in [4.69, 9.17) is 4.74 Å². The van der Waals surface area contributed by atoms with Crippen LogP contribution in [-0.4, -0.2) is 50.4 Å². The van der Waals surface area contributed by atoms with Gasteiger partial charge in [0.15, 0.2) is 5.82 Å². The predicted molar refractivity (Wildman–Crippen MR) is 153 cm³/mol. The van der Waals surface area contributed by atoms with Gasteiger partial charge in [-0.3, -0.25) is 9.69 Å². The van der Waals surface area contributed by atoms with Crippen LogP contribution in [0.25, 0.3) is 10.9 Å². The van der Waals surface area contributed by atoms with Crippen molar-refractivity contribution in [2.24, 2.45) is 0 Å². The van der Waals surface area contributed by atoms with Crippen LogP contribution in [-0.2, 0) is 24.2 Å². The van der Waals surface area contributed by atoms with E-state index in [0.717, 1.165) is 28.5 Å². The van der Waals surface area contributed by atoms with Crippen LogP contribution >= 0.6 is 0 Å². The molecule has 8 nitrogen and oxygen atoms in total. The molecule has 2 aromatic heterocycles. The van der Waals surface area contributed by atoms with Gasteiger partial charge in [0.2, 0.25) is 0 Å². The molecule has 0 fully saturated rings. The number of hydrogen-bond donors (Lipinski definition) is 1. The minimum absolute atomic E-state index is 0.144. The first-order valence-corrected chi connectivity index (χ1v) is 13.2. The highest BCUT2D eigenvalue weighted by molar-refractivity contribution is 5.81. The van der Waals surface area contributed by atoms with Crippen molar-refractivity contribution in [3.63, 3.8) is 0 Å². The summed E-state index contributed by atoms with van der Waals surface area (Å²) in [7, 11) is 1.65. The number of fused-ring (bicyclic) bond motifs is 1. The van der Waals surface area contributed by atoms with Gasteiger partial charge in [0, 0.05) is 31.3 Å². The number of aromatic nitrogens is 5. The zero-order valence-electron chi connectivity index (χ0n) is 22.7. The van der Waals surface area contributed by atoms with Crippen molar-refractivity contribution in [1.82, 2.24) is 30.1 Å². The van der Waals surface area contributed by atoms with Gasteiger partial charge in [-0.1, -0.05) is 60.7 Å². The molecule has 0 aliphatic heterocycles. The molecule has 0 saturated carbocycles. The zero-order chi connectivity index (χ0) is 27.2. The standard InChI is InChI=1S/C31H34N6O2/c1-22-18-26-20-27(31(38)32-28(26)19-23(22)2)29(30-33-34-35-37(30)16-17-39-3)36(21-25-12-8-5-9-13-25)15-14-24-10-6-4-7-11-24/h4-13,18-20,29H,14-17,21H2,1-3H3,(H,32,38). The number of pyridine rings is 1. The average Bonchev–Trinajstić information content (AvgIpc) is 3.41. The van der Waals surface area contributed by atoms with E-state index < -0.39 is 6.04 Å². The van der Waals surface area contributed by atoms with Gasteiger partial charge in [-0.25, -0.2) is 4.68 Å². The van der Waals surface area contributed by atoms with Crippen molar-refractivity contribution < 1.29 is 4.74 Å². The Morgan fingerprint density at radius 3 is 2.36 bits per heavy atom.